The van der Waals surface area contributed by atoms with Gasteiger partial charge in [0.05, 0.1) is 18.0 Å². The van der Waals surface area contributed by atoms with E-state index in [2.05, 4.69) is 16.9 Å². The lowest BCUT2D eigenvalue weighted by Gasteiger charge is -2.23. The first-order valence-electron chi connectivity index (χ1n) is 5.35. The van der Waals surface area contributed by atoms with Crippen LogP contribution in [0.5, 0.6) is 0 Å². The van der Waals surface area contributed by atoms with Crippen LogP contribution >= 0.6 is 0 Å². The minimum atomic E-state index is -0.341. The molecule has 2 rings (SSSR count). The standard InChI is InChI=1S/C12H13N3O2/c1-3-17-12(16)8-15-9(2)10-6-4-5-7-11(10)13-14-15/h4-7H,2-3,8H2,1H3. The quantitative estimate of drug-likeness (QED) is 0.751. The van der Waals surface area contributed by atoms with E-state index in [9.17, 15) is 4.79 Å². The summed E-state index contributed by atoms with van der Waals surface area (Å²) in [4.78, 5) is 11.4. The van der Waals surface area contributed by atoms with Crippen molar-refractivity contribution in [3.05, 3.63) is 36.4 Å². The Morgan fingerprint density at radius 2 is 2.24 bits per heavy atom. The van der Waals surface area contributed by atoms with Gasteiger partial charge in [0.1, 0.15) is 6.54 Å². The van der Waals surface area contributed by atoms with Crippen molar-refractivity contribution >= 4 is 17.4 Å². The van der Waals surface area contributed by atoms with E-state index in [-0.39, 0.29) is 12.5 Å². The van der Waals surface area contributed by atoms with Crippen molar-refractivity contribution in [2.24, 2.45) is 10.3 Å². The monoisotopic (exact) mass is 231 g/mol. The number of esters is 1. The van der Waals surface area contributed by atoms with Gasteiger partial charge in [0.15, 0.2) is 0 Å². The molecule has 88 valence electrons. The van der Waals surface area contributed by atoms with Crippen molar-refractivity contribution in [1.29, 1.82) is 0 Å². The molecule has 1 aliphatic heterocycles. The van der Waals surface area contributed by atoms with Crippen LogP contribution in [0.2, 0.25) is 0 Å². The number of hydrogen-bond acceptors (Lipinski definition) is 5. The number of carbonyl (C=O) groups is 1. The molecule has 1 aliphatic rings. The molecule has 1 heterocycles. The molecular formula is C12H13N3O2. The first-order chi connectivity index (χ1) is 8.22. The topological polar surface area (TPSA) is 54.3 Å². The van der Waals surface area contributed by atoms with Gasteiger partial charge in [0.25, 0.3) is 0 Å². The normalized spacial score (nSPS) is 13.5. The Balaban J connectivity index is 2.15. The van der Waals surface area contributed by atoms with E-state index in [1.54, 1.807) is 6.92 Å². The van der Waals surface area contributed by atoms with Crippen LogP contribution in [0.4, 0.5) is 5.69 Å². The minimum Gasteiger partial charge on any atom is -0.465 e. The Morgan fingerprint density at radius 1 is 1.47 bits per heavy atom. The van der Waals surface area contributed by atoms with Crippen LogP contribution in [0.3, 0.4) is 0 Å². The summed E-state index contributed by atoms with van der Waals surface area (Å²) in [5.74, 6) is -0.341. The second-order valence-corrected chi connectivity index (χ2v) is 3.52. The highest BCUT2D eigenvalue weighted by atomic mass is 16.5. The summed E-state index contributed by atoms with van der Waals surface area (Å²) in [5.41, 5.74) is 2.30. The molecule has 0 spiro atoms. The Morgan fingerprint density at radius 3 is 3.00 bits per heavy atom. The van der Waals surface area contributed by atoms with E-state index >= 15 is 0 Å². The molecule has 5 nitrogen and oxygen atoms in total. The lowest BCUT2D eigenvalue weighted by Crippen LogP contribution is -2.26. The van der Waals surface area contributed by atoms with E-state index in [0.29, 0.717) is 12.3 Å². The van der Waals surface area contributed by atoms with Crippen molar-refractivity contribution in [3.63, 3.8) is 0 Å². The molecule has 0 atom stereocenters. The third kappa shape index (κ3) is 2.33. The van der Waals surface area contributed by atoms with Gasteiger partial charge in [-0.2, -0.15) is 0 Å². The van der Waals surface area contributed by atoms with Gasteiger partial charge in [-0.25, -0.2) is 5.01 Å². The highest BCUT2D eigenvalue weighted by molar-refractivity contribution is 5.78. The smallest absolute Gasteiger partial charge is 0.327 e. The van der Waals surface area contributed by atoms with Crippen molar-refractivity contribution in [2.45, 2.75) is 6.92 Å². The Labute approximate surface area is 99.4 Å². The number of carbonyl (C=O) groups excluding carboxylic acids is 1. The second-order valence-electron chi connectivity index (χ2n) is 3.52. The second kappa shape index (κ2) is 4.78. The molecule has 5 heteroatoms. The third-order valence-corrected chi connectivity index (χ3v) is 2.37. The van der Waals surface area contributed by atoms with Crippen LogP contribution in [-0.4, -0.2) is 24.1 Å². The summed E-state index contributed by atoms with van der Waals surface area (Å²) >= 11 is 0. The molecule has 17 heavy (non-hydrogen) atoms. The average molecular weight is 231 g/mol. The molecule has 0 aromatic heterocycles. The van der Waals surface area contributed by atoms with Crippen LogP contribution in [0, 0.1) is 0 Å². The lowest BCUT2D eigenvalue weighted by atomic mass is 10.1. The molecular weight excluding hydrogens is 218 g/mol. The zero-order valence-electron chi connectivity index (χ0n) is 9.59. The van der Waals surface area contributed by atoms with Crippen molar-refractivity contribution < 1.29 is 9.53 Å². The first-order valence-corrected chi connectivity index (χ1v) is 5.35. The Bertz CT molecular complexity index is 482. The summed E-state index contributed by atoms with van der Waals surface area (Å²) in [6, 6.07) is 7.53. The predicted molar refractivity (Wildman–Crippen MR) is 63.3 cm³/mol. The molecule has 0 radical (unpaired) electrons. The minimum absolute atomic E-state index is 0.0322. The highest BCUT2D eigenvalue weighted by Gasteiger charge is 2.20. The molecule has 0 unspecified atom stereocenters. The maximum atomic E-state index is 11.4. The maximum absolute atomic E-state index is 11.4. The number of rotatable bonds is 3. The SMILES string of the molecule is C=C1c2ccccc2N=NN1CC(=O)OCC. The van der Waals surface area contributed by atoms with E-state index in [0.717, 1.165) is 11.3 Å². The van der Waals surface area contributed by atoms with Gasteiger partial charge in [0, 0.05) is 5.56 Å². The summed E-state index contributed by atoms with van der Waals surface area (Å²) < 4.78 is 4.86. The van der Waals surface area contributed by atoms with Gasteiger partial charge >= 0.3 is 5.97 Å². The summed E-state index contributed by atoms with van der Waals surface area (Å²) in [5, 5.41) is 9.40. The molecule has 1 aromatic carbocycles. The van der Waals surface area contributed by atoms with Gasteiger partial charge in [-0.3, -0.25) is 4.79 Å². The van der Waals surface area contributed by atoms with E-state index in [4.69, 9.17) is 4.74 Å². The number of hydrogen-bond donors (Lipinski definition) is 0. The van der Waals surface area contributed by atoms with Crippen LogP contribution in [0.1, 0.15) is 12.5 Å². The molecule has 0 saturated heterocycles. The van der Waals surface area contributed by atoms with Gasteiger partial charge in [0.2, 0.25) is 0 Å². The molecule has 0 saturated carbocycles. The molecule has 0 bridgehead atoms. The molecule has 0 fully saturated rings. The van der Waals surface area contributed by atoms with Gasteiger partial charge in [-0.1, -0.05) is 30.0 Å². The Kier molecular flexibility index (Phi) is 3.18. The van der Waals surface area contributed by atoms with Crippen molar-refractivity contribution in [3.8, 4) is 0 Å². The van der Waals surface area contributed by atoms with Crippen LogP contribution in [-0.2, 0) is 9.53 Å². The Hall–Kier alpha value is -2.17. The fourth-order valence-corrected chi connectivity index (χ4v) is 1.56. The van der Waals surface area contributed by atoms with Crippen LogP contribution < -0.4 is 0 Å². The zero-order valence-corrected chi connectivity index (χ0v) is 9.59. The van der Waals surface area contributed by atoms with Gasteiger partial charge in [-0.05, 0) is 13.0 Å². The first kappa shape index (κ1) is 11.3. The largest absolute Gasteiger partial charge is 0.465 e. The van der Waals surface area contributed by atoms with Crippen molar-refractivity contribution in [1.82, 2.24) is 5.01 Å². The molecule has 0 N–H and O–H groups in total. The molecule has 0 aliphatic carbocycles. The van der Waals surface area contributed by atoms with Gasteiger partial charge < -0.3 is 4.74 Å². The average Bonchev–Trinajstić information content (AvgIpc) is 2.33. The summed E-state index contributed by atoms with van der Waals surface area (Å²) in [6.07, 6.45) is 0. The van der Waals surface area contributed by atoms with E-state index in [1.807, 2.05) is 24.3 Å². The number of nitrogens with zero attached hydrogens (tertiary/aromatic N) is 3. The van der Waals surface area contributed by atoms with Crippen LogP contribution in [0.15, 0.2) is 41.2 Å². The number of fused-ring (bicyclic) bond motifs is 1. The number of benzene rings is 1. The summed E-state index contributed by atoms with van der Waals surface area (Å²) in [6.45, 7) is 6.06. The summed E-state index contributed by atoms with van der Waals surface area (Å²) in [7, 11) is 0. The maximum Gasteiger partial charge on any atom is 0.327 e. The predicted octanol–water partition coefficient (Wildman–Crippen LogP) is 2.53. The fraction of sp³-hybridized carbons (Fsp3) is 0.250. The lowest BCUT2D eigenvalue weighted by molar-refractivity contribution is -0.143. The fourth-order valence-electron chi connectivity index (χ4n) is 1.56. The van der Waals surface area contributed by atoms with Gasteiger partial charge in [-0.15, -0.1) is 5.11 Å². The van der Waals surface area contributed by atoms with Crippen LogP contribution in [0.25, 0.3) is 5.70 Å². The highest BCUT2D eigenvalue weighted by Crippen LogP contribution is 2.32. The third-order valence-electron chi connectivity index (χ3n) is 2.37. The molecule has 1 aromatic rings. The molecule has 0 amide bonds. The zero-order chi connectivity index (χ0) is 12.3. The number of ether oxygens (including phenoxy) is 1. The van der Waals surface area contributed by atoms with E-state index < -0.39 is 0 Å². The van der Waals surface area contributed by atoms with E-state index in [1.165, 1.54) is 5.01 Å². The van der Waals surface area contributed by atoms with Crippen molar-refractivity contribution in [2.75, 3.05) is 13.2 Å².